The van der Waals surface area contributed by atoms with E-state index in [0.29, 0.717) is 29.6 Å². The zero-order chi connectivity index (χ0) is 14.5. The molecule has 6 nitrogen and oxygen atoms in total. The monoisotopic (exact) mass is 272 g/mol. The Labute approximate surface area is 117 Å². The highest BCUT2D eigenvalue weighted by Gasteiger charge is 2.12. The number of benzene rings is 1. The molecule has 2 aromatic rings. The Morgan fingerprint density at radius 1 is 1.35 bits per heavy atom. The maximum absolute atomic E-state index is 11.2. The Hall–Kier alpha value is -2.63. The number of amides is 1. The van der Waals surface area contributed by atoms with E-state index in [1.165, 1.54) is 13.3 Å². The van der Waals surface area contributed by atoms with Crippen molar-refractivity contribution >= 4 is 17.4 Å². The lowest BCUT2D eigenvalue weighted by molar-refractivity contribution is -0.114. The van der Waals surface area contributed by atoms with E-state index in [1.807, 2.05) is 19.1 Å². The SMILES string of the molecule is CCc1c(N)ncnc1Oc1ccccc1NC(C)=O. The number of ether oxygens (including phenoxy) is 1. The lowest BCUT2D eigenvalue weighted by atomic mass is 10.2. The number of carbonyl (C=O) groups is 1. The van der Waals surface area contributed by atoms with E-state index in [1.54, 1.807) is 12.1 Å². The van der Waals surface area contributed by atoms with E-state index in [0.717, 1.165) is 5.56 Å². The van der Waals surface area contributed by atoms with Crippen LogP contribution in [0.4, 0.5) is 11.5 Å². The Morgan fingerprint density at radius 3 is 2.80 bits per heavy atom. The van der Waals surface area contributed by atoms with Gasteiger partial charge in [-0.25, -0.2) is 9.97 Å². The minimum absolute atomic E-state index is 0.168. The van der Waals surface area contributed by atoms with Gasteiger partial charge in [0.1, 0.15) is 12.1 Å². The summed E-state index contributed by atoms with van der Waals surface area (Å²) in [5, 5.41) is 2.71. The van der Waals surface area contributed by atoms with Crippen LogP contribution in [0.25, 0.3) is 0 Å². The Bertz CT molecular complexity index is 628. The molecule has 0 saturated heterocycles. The molecule has 0 bridgehead atoms. The zero-order valence-corrected chi connectivity index (χ0v) is 11.4. The van der Waals surface area contributed by atoms with Gasteiger partial charge in [0.15, 0.2) is 5.75 Å². The number of aromatic nitrogens is 2. The predicted molar refractivity (Wildman–Crippen MR) is 76.6 cm³/mol. The number of carbonyl (C=O) groups excluding carboxylic acids is 1. The van der Waals surface area contributed by atoms with Crippen LogP contribution in [0.15, 0.2) is 30.6 Å². The van der Waals surface area contributed by atoms with E-state index in [2.05, 4.69) is 15.3 Å². The maximum atomic E-state index is 11.2. The fraction of sp³-hybridized carbons (Fsp3) is 0.214. The second-order valence-electron chi connectivity index (χ2n) is 4.18. The second-order valence-corrected chi connectivity index (χ2v) is 4.18. The number of rotatable bonds is 4. The number of nitrogens with two attached hydrogens (primary N) is 1. The summed E-state index contributed by atoms with van der Waals surface area (Å²) >= 11 is 0. The fourth-order valence-electron chi connectivity index (χ4n) is 1.78. The average Bonchev–Trinajstić information content (AvgIpc) is 2.41. The van der Waals surface area contributed by atoms with Crippen LogP contribution in [0, 0.1) is 0 Å². The molecule has 0 fully saturated rings. The standard InChI is InChI=1S/C14H16N4O2/c1-3-10-13(15)16-8-17-14(10)20-12-7-5-4-6-11(12)18-9(2)19/h4-8H,3H2,1-2H3,(H,18,19)(H2,15,16,17). The molecule has 0 atom stereocenters. The van der Waals surface area contributed by atoms with Crippen molar-refractivity contribution in [3.63, 3.8) is 0 Å². The molecule has 0 aliphatic carbocycles. The first-order valence-corrected chi connectivity index (χ1v) is 6.25. The van der Waals surface area contributed by atoms with Gasteiger partial charge in [-0.05, 0) is 18.6 Å². The van der Waals surface area contributed by atoms with Gasteiger partial charge in [0, 0.05) is 6.92 Å². The second kappa shape index (κ2) is 6.01. The van der Waals surface area contributed by atoms with Crippen molar-refractivity contribution in [2.75, 3.05) is 11.1 Å². The molecule has 2 rings (SSSR count). The molecular formula is C14H16N4O2. The van der Waals surface area contributed by atoms with Crippen molar-refractivity contribution in [2.45, 2.75) is 20.3 Å². The van der Waals surface area contributed by atoms with Crippen LogP contribution >= 0.6 is 0 Å². The molecule has 0 radical (unpaired) electrons. The molecule has 0 spiro atoms. The number of nitrogens with one attached hydrogen (secondary N) is 1. The lowest BCUT2D eigenvalue weighted by Gasteiger charge is -2.13. The summed E-state index contributed by atoms with van der Waals surface area (Å²) in [6.07, 6.45) is 2.01. The van der Waals surface area contributed by atoms with Gasteiger partial charge >= 0.3 is 0 Å². The van der Waals surface area contributed by atoms with Gasteiger partial charge in [0.2, 0.25) is 11.8 Å². The Morgan fingerprint density at radius 2 is 2.10 bits per heavy atom. The van der Waals surface area contributed by atoms with Crippen molar-refractivity contribution in [2.24, 2.45) is 0 Å². The van der Waals surface area contributed by atoms with Crippen LogP contribution in [0.1, 0.15) is 19.4 Å². The highest BCUT2D eigenvalue weighted by Crippen LogP contribution is 2.31. The van der Waals surface area contributed by atoms with Crippen LogP contribution in [0.2, 0.25) is 0 Å². The molecule has 0 unspecified atom stereocenters. The summed E-state index contributed by atoms with van der Waals surface area (Å²) in [5.41, 5.74) is 7.13. The maximum Gasteiger partial charge on any atom is 0.227 e. The third-order valence-corrected chi connectivity index (χ3v) is 2.70. The third-order valence-electron chi connectivity index (χ3n) is 2.70. The van der Waals surface area contributed by atoms with Crippen molar-refractivity contribution in [1.29, 1.82) is 0 Å². The van der Waals surface area contributed by atoms with Gasteiger partial charge in [0.25, 0.3) is 0 Å². The summed E-state index contributed by atoms with van der Waals surface area (Å²) in [6, 6.07) is 7.14. The smallest absolute Gasteiger partial charge is 0.227 e. The molecule has 6 heteroatoms. The Balaban J connectivity index is 2.35. The molecular weight excluding hydrogens is 256 g/mol. The van der Waals surface area contributed by atoms with Crippen LogP contribution in [-0.4, -0.2) is 15.9 Å². The fourth-order valence-corrected chi connectivity index (χ4v) is 1.78. The largest absolute Gasteiger partial charge is 0.436 e. The quantitative estimate of drug-likeness (QED) is 0.891. The van der Waals surface area contributed by atoms with Gasteiger partial charge in [0.05, 0.1) is 11.3 Å². The summed E-state index contributed by atoms with van der Waals surface area (Å²) in [6.45, 7) is 3.39. The van der Waals surface area contributed by atoms with Crippen LogP contribution in [-0.2, 0) is 11.2 Å². The zero-order valence-electron chi connectivity index (χ0n) is 11.4. The number of nitrogen functional groups attached to an aromatic ring is 1. The van der Waals surface area contributed by atoms with Crippen LogP contribution in [0.5, 0.6) is 11.6 Å². The van der Waals surface area contributed by atoms with Gasteiger partial charge in [-0.2, -0.15) is 0 Å². The average molecular weight is 272 g/mol. The topological polar surface area (TPSA) is 90.1 Å². The molecule has 20 heavy (non-hydrogen) atoms. The van der Waals surface area contributed by atoms with Gasteiger partial charge < -0.3 is 15.8 Å². The molecule has 0 aliphatic rings. The molecule has 1 heterocycles. The molecule has 3 N–H and O–H groups in total. The molecule has 0 saturated carbocycles. The molecule has 1 aromatic carbocycles. The first-order valence-electron chi connectivity index (χ1n) is 6.25. The minimum atomic E-state index is -0.168. The summed E-state index contributed by atoms with van der Waals surface area (Å²) in [5.74, 6) is 1.14. The molecule has 1 amide bonds. The van der Waals surface area contributed by atoms with E-state index in [9.17, 15) is 4.79 Å². The van der Waals surface area contributed by atoms with E-state index in [-0.39, 0.29) is 5.91 Å². The highest BCUT2D eigenvalue weighted by atomic mass is 16.5. The van der Waals surface area contributed by atoms with Crippen molar-refractivity contribution in [3.8, 4) is 11.6 Å². The summed E-state index contributed by atoms with van der Waals surface area (Å²) < 4.78 is 5.77. The Kier molecular flexibility index (Phi) is 4.14. The predicted octanol–water partition coefficient (Wildman–Crippen LogP) is 2.37. The summed E-state index contributed by atoms with van der Waals surface area (Å²) in [7, 11) is 0. The van der Waals surface area contributed by atoms with Gasteiger partial charge in [-0.1, -0.05) is 19.1 Å². The number of hydrogen-bond donors (Lipinski definition) is 2. The molecule has 0 aliphatic heterocycles. The number of para-hydroxylation sites is 2. The lowest BCUT2D eigenvalue weighted by Crippen LogP contribution is -2.07. The van der Waals surface area contributed by atoms with Crippen LogP contribution in [0.3, 0.4) is 0 Å². The van der Waals surface area contributed by atoms with Crippen molar-refractivity contribution in [3.05, 3.63) is 36.2 Å². The number of hydrogen-bond acceptors (Lipinski definition) is 5. The third kappa shape index (κ3) is 3.03. The number of anilines is 2. The van der Waals surface area contributed by atoms with Crippen molar-refractivity contribution in [1.82, 2.24) is 9.97 Å². The molecule has 104 valence electrons. The minimum Gasteiger partial charge on any atom is -0.436 e. The number of nitrogens with zero attached hydrogens (tertiary/aromatic N) is 2. The molecule has 1 aromatic heterocycles. The first-order chi connectivity index (χ1) is 9.61. The van der Waals surface area contributed by atoms with E-state index < -0.39 is 0 Å². The van der Waals surface area contributed by atoms with E-state index >= 15 is 0 Å². The van der Waals surface area contributed by atoms with Crippen LogP contribution < -0.4 is 15.8 Å². The highest BCUT2D eigenvalue weighted by molar-refractivity contribution is 5.90. The van der Waals surface area contributed by atoms with Gasteiger partial charge in [-0.3, -0.25) is 4.79 Å². The first kappa shape index (κ1) is 13.8. The van der Waals surface area contributed by atoms with Gasteiger partial charge in [-0.15, -0.1) is 0 Å². The normalized spacial score (nSPS) is 10.1. The van der Waals surface area contributed by atoms with Crippen molar-refractivity contribution < 1.29 is 9.53 Å². The van der Waals surface area contributed by atoms with E-state index in [4.69, 9.17) is 10.5 Å². The summed E-state index contributed by atoms with van der Waals surface area (Å²) in [4.78, 5) is 19.2.